The number of carbonyl (C=O) groups is 1. The fraction of sp³-hybridized carbons (Fsp3) is 0.100. The molecular formula is C20H16O4. The van der Waals surface area contributed by atoms with E-state index < -0.39 is 11.6 Å². The van der Waals surface area contributed by atoms with Crippen molar-refractivity contribution in [1.82, 2.24) is 0 Å². The van der Waals surface area contributed by atoms with E-state index in [2.05, 4.69) is 0 Å². The van der Waals surface area contributed by atoms with E-state index in [-0.39, 0.29) is 0 Å². The van der Waals surface area contributed by atoms with Crippen LogP contribution in [-0.2, 0) is 4.79 Å². The average Bonchev–Trinajstić information content (AvgIpc) is 2.57. The van der Waals surface area contributed by atoms with Gasteiger partial charge in [0.2, 0.25) is 0 Å². The molecule has 120 valence electrons. The highest BCUT2D eigenvalue weighted by Gasteiger charge is 2.11. The second-order valence-electron chi connectivity index (χ2n) is 5.48. The van der Waals surface area contributed by atoms with Crippen LogP contribution >= 0.6 is 0 Å². The van der Waals surface area contributed by atoms with Crippen LogP contribution in [0.25, 0.3) is 17.0 Å². The van der Waals surface area contributed by atoms with Crippen LogP contribution in [0, 0.1) is 13.8 Å². The molecule has 0 fully saturated rings. The summed E-state index contributed by atoms with van der Waals surface area (Å²) < 4.78 is 10.6. The maximum Gasteiger partial charge on any atom is 0.336 e. The van der Waals surface area contributed by atoms with Crippen molar-refractivity contribution in [3.63, 3.8) is 0 Å². The van der Waals surface area contributed by atoms with E-state index in [0.29, 0.717) is 16.9 Å². The molecule has 0 amide bonds. The van der Waals surface area contributed by atoms with Crippen molar-refractivity contribution in [2.24, 2.45) is 0 Å². The van der Waals surface area contributed by atoms with Crippen molar-refractivity contribution in [3.05, 3.63) is 81.7 Å². The van der Waals surface area contributed by atoms with Crippen molar-refractivity contribution in [3.8, 4) is 5.75 Å². The summed E-state index contributed by atoms with van der Waals surface area (Å²) in [7, 11) is 0. The first kappa shape index (κ1) is 15.7. The molecule has 0 N–H and O–H groups in total. The molecule has 0 saturated carbocycles. The van der Waals surface area contributed by atoms with Crippen LogP contribution < -0.4 is 10.4 Å². The molecule has 0 aliphatic carbocycles. The van der Waals surface area contributed by atoms with Gasteiger partial charge in [-0.2, -0.15) is 0 Å². The quantitative estimate of drug-likeness (QED) is 0.316. The number of esters is 1. The van der Waals surface area contributed by atoms with E-state index in [1.54, 1.807) is 25.1 Å². The lowest BCUT2D eigenvalue weighted by atomic mass is 10.1. The molecule has 1 aromatic heterocycles. The van der Waals surface area contributed by atoms with Crippen molar-refractivity contribution >= 4 is 23.0 Å². The number of rotatable bonds is 3. The number of hydrogen-bond acceptors (Lipinski definition) is 4. The lowest BCUT2D eigenvalue weighted by molar-refractivity contribution is -0.128. The zero-order chi connectivity index (χ0) is 17.1. The Hall–Kier alpha value is -3.14. The zero-order valence-electron chi connectivity index (χ0n) is 13.4. The Labute approximate surface area is 139 Å². The van der Waals surface area contributed by atoms with Crippen molar-refractivity contribution in [2.75, 3.05) is 0 Å². The van der Waals surface area contributed by atoms with Gasteiger partial charge in [0.05, 0.1) is 0 Å². The summed E-state index contributed by atoms with van der Waals surface area (Å²) in [6.07, 6.45) is 3.05. The van der Waals surface area contributed by atoms with Gasteiger partial charge in [0.15, 0.2) is 0 Å². The first-order chi connectivity index (χ1) is 11.5. The van der Waals surface area contributed by atoms with Crippen molar-refractivity contribution in [1.29, 1.82) is 0 Å². The molecule has 0 aliphatic rings. The Morgan fingerprint density at radius 3 is 2.58 bits per heavy atom. The summed E-state index contributed by atoms with van der Waals surface area (Å²) in [4.78, 5) is 23.6. The summed E-state index contributed by atoms with van der Waals surface area (Å²) in [5, 5.41) is 0.826. The van der Waals surface area contributed by atoms with E-state index in [1.165, 1.54) is 12.1 Å². The molecule has 3 rings (SSSR count). The summed E-state index contributed by atoms with van der Waals surface area (Å²) in [6.45, 7) is 3.60. The summed E-state index contributed by atoms with van der Waals surface area (Å²) in [6, 6.07) is 14.4. The van der Waals surface area contributed by atoms with Gasteiger partial charge in [0.25, 0.3) is 0 Å². The summed E-state index contributed by atoms with van der Waals surface area (Å²) in [5.41, 5.74) is 2.38. The standard InChI is InChI=1S/C20H16O4/c1-13-12-19(22)24-20-14(2)17(10-9-16(13)20)23-18(21)11-8-15-6-4-3-5-7-15/h3-12H,1-2H3/b11-8+. The van der Waals surface area contributed by atoms with Crippen LogP contribution in [0.5, 0.6) is 5.75 Å². The van der Waals surface area contributed by atoms with Gasteiger partial charge in [0.1, 0.15) is 11.3 Å². The molecule has 0 unspecified atom stereocenters. The van der Waals surface area contributed by atoms with Gasteiger partial charge in [-0.1, -0.05) is 30.3 Å². The number of carbonyl (C=O) groups excluding carboxylic acids is 1. The topological polar surface area (TPSA) is 56.5 Å². The van der Waals surface area contributed by atoms with E-state index >= 15 is 0 Å². The average molecular weight is 320 g/mol. The highest BCUT2D eigenvalue weighted by molar-refractivity contribution is 5.90. The molecule has 4 heteroatoms. The van der Waals surface area contributed by atoms with Crippen molar-refractivity contribution in [2.45, 2.75) is 13.8 Å². The molecule has 1 heterocycles. The molecule has 0 bridgehead atoms. The minimum absolute atomic E-state index is 0.374. The van der Waals surface area contributed by atoms with Gasteiger partial charge in [-0.3, -0.25) is 0 Å². The van der Waals surface area contributed by atoms with E-state index in [0.717, 1.165) is 16.5 Å². The number of hydrogen-bond donors (Lipinski definition) is 0. The Morgan fingerprint density at radius 1 is 1.08 bits per heavy atom. The predicted molar refractivity (Wildman–Crippen MR) is 93.1 cm³/mol. The van der Waals surface area contributed by atoms with E-state index in [9.17, 15) is 9.59 Å². The van der Waals surface area contributed by atoms with Crippen LogP contribution in [0.4, 0.5) is 0 Å². The third kappa shape index (κ3) is 3.27. The number of ether oxygens (including phenoxy) is 1. The lowest BCUT2D eigenvalue weighted by Crippen LogP contribution is -2.06. The molecule has 3 aromatic rings. The molecule has 0 radical (unpaired) electrons. The smallest absolute Gasteiger partial charge is 0.336 e. The highest BCUT2D eigenvalue weighted by atomic mass is 16.5. The fourth-order valence-corrected chi connectivity index (χ4v) is 2.48. The fourth-order valence-electron chi connectivity index (χ4n) is 2.48. The van der Waals surface area contributed by atoms with Crippen LogP contribution in [0.15, 0.2) is 63.8 Å². The largest absolute Gasteiger partial charge is 0.423 e. The van der Waals surface area contributed by atoms with Crippen LogP contribution in [0.2, 0.25) is 0 Å². The molecular weight excluding hydrogens is 304 g/mol. The second kappa shape index (κ2) is 6.54. The number of aryl methyl sites for hydroxylation is 2. The second-order valence-corrected chi connectivity index (χ2v) is 5.48. The minimum Gasteiger partial charge on any atom is -0.423 e. The van der Waals surface area contributed by atoms with Gasteiger partial charge >= 0.3 is 11.6 Å². The molecule has 2 aromatic carbocycles. The Balaban J connectivity index is 1.87. The molecule has 24 heavy (non-hydrogen) atoms. The minimum atomic E-state index is -0.490. The molecule has 0 atom stereocenters. The maximum atomic E-state index is 12.0. The van der Waals surface area contributed by atoms with Crippen LogP contribution in [0.1, 0.15) is 16.7 Å². The first-order valence-corrected chi connectivity index (χ1v) is 7.53. The molecule has 0 saturated heterocycles. The maximum absolute atomic E-state index is 12.0. The Morgan fingerprint density at radius 2 is 1.83 bits per heavy atom. The van der Waals surface area contributed by atoms with Crippen LogP contribution in [0.3, 0.4) is 0 Å². The third-order valence-electron chi connectivity index (χ3n) is 3.74. The predicted octanol–water partition coefficient (Wildman–Crippen LogP) is 4.03. The van der Waals surface area contributed by atoms with Gasteiger partial charge in [-0.15, -0.1) is 0 Å². The van der Waals surface area contributed by atoms with Gasteiger partial charge in [-0.05, 0) is 43.2 Å². The lowest BCUT2D eigenvalue weighted by Gasteiger charge is -2.08. The Bertz CT molecular complexity index is 982. The SMILES string of the molecule is Cc1cc(=O)oc2c(C)c(OC(=O)/C=C/c3ccccc3)ccc12. The molecule has 0 spiro atoms. The monoisotopic (exact) mass is 320 g/mol. The summed E-state index contributed by atoms with van der Waals surface area (Å²) >= 11 is 0. The highest BCUT2D eigenvalue weighted by Crippen LogP contribution is 2.28. The number of fused-ring (bicyclic) bond motifs is 1. The normalized spacial score (nSPS) is 11.1. The molecule has 4 nitrogen and oxygen atoms in total. The number of benzene rings is 2. The van der Waals surface area contributed by atoms with Crippen molar-refractivity contribution < 1.29 is 13.9 Å². The molecule has 0 aliphatic heterocycles. The van der Waals surface area contributed by atoms with Crippen LogP contribution in [-0.4, -0.2) is 5.97 Å². The zero-order valence-corrected chi connectivity index (χ0v) is 13.4. The van der Waals surface area contributed by atoms with E-state index in [1.807, 2.05) is 37.3 Å². The van der Waals surface area contributed by atoms with Gasteiger partial charge < -0.3 is 9.15 Å². The van der Waals surface area contributed by atoms with E-state index in [4.69, 9.17) is 9.15 Å². The van der Waals surface area contributed by atoms with Gasteiger partial charge in [0, 0.05) is 23.1 Å². The van der Waals surface area contributed by atoms with Gasteiger partial charge in [-0.25, -0.2) is 9.59 Å². The third-order valence-corrected chi connectivity index (χ3v) is 3.74. The summed E-state index contributed by atoms with van der Waals surface area (Å²) in [5.74, 6) is -0.115. The first-order valence-electron chi connectivity index (χ1n) is 7.53. The Kier molecular flexibility index (Phi) is 4.29.